The van der Waals surface area contributed by atoms with Gasteiger partial charge in [0.05, 0.1) is 10.7 Å². The molecule has 0 aromatic carbocycles. The van der Waals surface area contributed by atoms with Gasteiger partial charge in [0.1, 0.15) is 5.60 Å². The van der Waals surface area contributed by atoms with Gasteiger partial charge in [-0.05, 0) is 66.5 Å². The lowest BCUT2D eigenvalue weighted by atomic mass is 9.94. The Balaban J connectivity index is 1.37. The van der Waals surface area contributed by atoms with Gasteiger partial charge >= 0.3 is 6.09 Å². The molecule has 1 aromatic heterocycles. The molecule has 29 heavy (non-hydrogen) atoms. The van der Waals surface area contributed by atoms with Crippen molar-refractivity contribution in [3.63, 3.8) is 0 Å². The molecule has 0 spiro atoms. The number of likely N-dealkylation sites (tertiary alicyclic amines) is 2. The van der Waals surface area contributed by atoms with E-state index in [1.807, 2.05) is 27.7 Å². The molecule has 2 amide bonds. The zero-order valence-electron chi connectivity index (χ0n) is 18.1. The smallest absolute Gasteiger partial charge is 0.410 e. The molecule has 0 radical (unpaired) electrons. The average molecular weight is 423 g/mol. The van der Waals surface area contributed by atoms with Crippen LogP contribution in [0.4, 0.5) is 4.79 Å². The molecule has 0 aliphatic carbocycles. The summed E-state index contributed by atoms with van der Waals surface area (Å²) in [7, 11) is 0. The third kappa shape index (κ3) is 6.67. The van der Waals surface area contributed by atoms with Gasteiger partial charge in [-0.15, -0.1) is 11.3 Å². The molecule has 3 heterocycles. The van der Waals surface area contributed by atoms with Crippen LogP contribution in [-0.4, -0.2) is 64.6 Å². The lowest BCUT2D eigenvalue weighted by Crippen LogP contribution is -2.49. The maximum absolute atomic E-state index is 12.7. The number of amides is 2. The van der Waals surface area contributed by atoms with E-state index < -0.39 is 5.60 Å². The van der Waals surface area contributed by atoms with E-state index in [0.717, 1.165) is 56.0 Å². The normalized spacial score (nSPS) is 19.9. The van der Waals surface area contributed by atoms with E-state index in [9.17, 15) is 9.59 Å². The summed E-state index contributed by atoms with van der Waals surface area (Å²) in [6.45, 7) is 11.7. The van der Waals surface area contributed by atoms with E-state index >= 15 is 0 Å². The van der Waals surface area contributed by atoms with Crippen LogP contribution < -0.4 is 5.32 Å². The van der Waals surface area contributed by atoms with Gasteiger partial charge in [-0.1, -0.05) is 0 Å². The average Bonchev–Trinajstić information content (AvgIpc) is 3.06. The van der Waals surface area contributed by atoms with Crippen LogP contribution in [0.2, 0.25) is 0 Å². The number of thiazole rings is 1. The number of nitrogens with one attached hydrogen (secondary N) is 1. The molecule has 0 bridgehead atoms. The van der Waals surface area contributed by atoms with Crippen LogP contribution in [0.5, 0.6) is 0 Å². The maximum Gasteiger partial charge on any atom is 0.410 e. The van der Waals surface area contributed by atoms with Crippen LogP contribution in [0.15, 0.2) is 5.38 Å². The number of aryl methyl sites for hydroxylation is 1. The number of nitrogens with zero attached hydrogens (tertiary/aromatic N) is 3. The Hall–Kier alpha value is -1.67. The summed E-state index contributed by atoms with van der Waals surface area (Å²) in [5.41, 5.74) is 0.655. The Morgan fingerprint density at radius 1 is 1.17 bits per heavy atom. The van der Waals surface area contributed by atoms with Crippen LogP contribution in [0, 0.1) is 12.8 Å². The number of carbonyl (C=O) groups excluding carboxylic acids is 2. The van der Waals surface area contributed by atoms with Crippen LogP contribution in [-0.2, 0) is 16.1 Å². The summed E-state index contributed by atoms with van der Waals surface area (Å²) >= 11 is 1.69. The van der Waals surface area contributed by atoms with E-state index in [0.29, 0.717) is 13.1 Å². The predicted octanol–water partition coefficient (Wildman–Crippen LogP) is 3.18. The number of piperidine rings is 2. The number of carbonyl (C=O) groups is 2. The van der Waals surface area contributed by atoms with Crippen molar-refractivity contribution in [2.24, 2.45) is 5.92 Å². The van der Waals surface area contributed by atoms with Gasteiger partial charge in [0, 0.05) is 37.0 Å². The first kappa shape index (κ1) is 22.0. The highest BCUT2D eigenvalue weighted by Gasteiger charge is 2.30. The molecule has 0 unspecified atom stereocenters. The Labute approximate surface area is 177 Å². The second-order valence-corrected chi connectivity index (χ2v) is 10.2. The summed E-state index contributed by atoms with van der Waals surface area (Å²) in [6.07, 6.45) is 3.10. The van der Waals surface area contributed by atoms with Gasteiger partial charge in [-0.2, -0.15) is 0 Å². The highest BCUT2D eigenvalue weighted by atomic mass is 32.1. The summed E-state index contributed by atoms with van der Waals surface area (Å²) in [5.74, 6) is 0.261. The minimum atomic E-state index is -0.477. The molecule has 2 saturated heterocycles. The van der Waals surface area contributed by atoms with Crippen LogP contribution in [0.1, 0.15) is 57.2 Å². The van der Waals surface area contributed by atoms with Crippen molar-refractivity contribution in [3.8, 4) is 0 Å². The maximum atomic E-state index is 12.7. The lowest BCUT2D eigenvalue weighted by molar-refractivity contribution is -0.127. The first-order valence-corrected chi connectivity index (χ1v) is 11.5. The number of aromatic nitrogens is 1. The van der Waals surface area contributed by atoms with E-state index in [1.54, 1.807) is 16.2 Å². The van der Waals surface area contributed by atoms with Crippen molar-refractivity contribution < 1.29 is 14.3 Å². The first-order chi connectivity index (χ1) is 13.7. The van der Waals surface area contributed by atoms with Crippen LogP contribution in [0.25, 0.3) is 0 Å². The summed E-state index contributed by atoms with van der Waals surface area (Å²) in [5, 5.41) is 6.44. The van der Waals surface area contributed by atoms with Crippen molar-refractivity contribution in [2.75, 3.05) is 26.2 Å². The van der Waals surface area contributed by atoms with Gasteiger partial charge in [0.25, 0.3) is 0 Å². The Morgan fingerprint density at radius 2 is 1.83 bits per heavy atom. The third-order valence-corrected chi connectivity index (χ3v) is 6.33. The standard InChI is InChI=1S/C21H34N4O3S/c1-15-22-18(14-29-15)13-24-9-5-16(6-10-24)19(26)23-17-7-11-25(12-8-17)20(27)28-21(2,3)4/h14,16-17H,5-13H2,1-4H3,(H,23,26). The molecule has 0 saturated carbocycles. The molecule has 1 N–H and O–H groups in total. The minimum Gasteiger partial charge on any atom is -0.444 e. The Bertz CT molecular complexity index is 699. The van der Waals surface area contributed by atoms with Crippen molar-refractivity contribution in [1.29, 1.82) is 0 Å². The fourth-order valence-corrected chi connectivity index (χ4v) is 4.52. The number of ether oxygens (including phenoxy) is 1. The summed E-state index contributed by atoms with van der Waals surface area (Å²) < 4.78 is 5.43. The molecule has 7 nitrogen and oxygen atoms in total. The van der Waals surface area contributed by atoms with Crippen molar-refractivity contribution in [1.82, 2.24) is 20.1 Å². The molecule has 8 heteroatoms. The van der Waals surface area contributed by atoms with E-state index in [1.165, 1.54) is 0 Å². The second kappa shape index (κ2) is 9.43. The number of hydrogen-bond donors (Lipinski definition) is 1. The van der Waals surface area contributed by atoms with Crippen LogP contribution >= 0.6 is 11.3 Å². The van der Waals surface area contributed by atoms with Crippen molar-refractivity contribution >= 4 is 23.3 Å². The zero-order chi connectivity index (χ0) is 21.0. The topological polar surface area (TPSA) is 74.8 Å². The molecule has 0 atom stereocenters. The monoisotopic (exact) mass is 422 g/mol. The Kier molecular flexibility index (Phi) is 7.16. The molecular weight excluding hydrogens is 388 g/mol. The molecule has 2 aliphatic heterocycles. The molecule has 2 fully saturated rings. The highest BCUT2D eigenvalue weighted by Crippen LogP contribution is 2.21. The van der Waals surface area contributed by atoms with E-state index in [2.05, 4.69) is 20.6 Å². The van der Waals surface area contributed by atoms with Gasteiger partial charge in [0.15, 0.2) is 0 Å². The van der Waals surface area contributed by atoms with Crippen molar-refractivity contribution in [3.05, 3.63) is 16.1 Å². The fraction of sp³-hybridized carbons (Fsp3) is 0.762. The van der Waals surface area contributed by atoms with Gasteiger partial charge in [-0.3, -0.25) is 9.69 Å². The van der Waals surface area contributed by atoms with E-state index in [-0.39, 0.29) is 24.0 Å². The third-order valence-electron chi connectivity index (χ3n) is 5.50. The predicted molar refractivity (Wildman–Crippen MR) is 114 cm³/mol. The zero-order valence-corrected chi connectivity index (χ0v) is 18.9. The van der Waals surface area contributed by atoms with Gasteiger partial charge in [-0.25, -0.2) is 9.78 Å². The SMILES string of the molecule is Cc1nc(CN2CCC(C(=O)NC3CCN(C(=O)OC(C)(C)C)CC3)CC2)cs1. The fourth-order valence-electron chi connectivity index (χ4n) is 3.92. The molecule has 162 valence electrons. The minimum absolute atomic E-state index is 0.0901. The summed E-state index contributed by atoms with van der Waals surface area (Å²) in [4.78, 5) is 33.5. The molecule has 2 aliphatic rings. The van der Waals surface area contributed by atoms with E-state index in [4.69, 9.17) is 4.74 Å². The first-order valence-electron chi connectivity index (χ1n) is 10.6. The van der Waals surface area contributed by atoms with Crippen LogP contribution in [0.3, 0.4) is 0 Å². The Morgan fingerprint density at radius 3 is 2.38 bits per heavy atom. The molecular formula is C21H34N4O3S. The molecule has 3 rings (SSSR count). The highest BCUT2D eigenvalue weighted by molar-refractivity contribution is 7.09. The second-order valence-electron chi connectivity index (χ2n) is 9.16. The van der Waals surface area contributed by atoms with Crippen molar-refractivity contribution in [2.45, 2.75) is 71.6 Å². The lowest BCUT2D eigenvalue weighted by Gasteiger charge is -2.35. The van der Waals surface area contributed by atoms with Gasteiger partial charge < -0.3 is 15.0 Å². The quantitative estimate of drug-likeness (QED) is 0.807. The van der Waals surface area contributed by atoms with Gasteiger partial charge in [0.2, 0.25) is 5.91 Å². The summed E-state index contributed by atoms with van der Waals surface area (Å²) in [6, 6.07) is 0.150. The number of hydrogen-bond acceptors (Lipinski definition) is 6. The molecule has 1 aromatic rings. The largest absolute Gasteiger partial charge is 0.444 e. The number of rotatable bonds is 4.